The maximum atomic E-state index is 6.03. The van der Waals surface area contributed by atoms with Gasteiger partial charge in [0.25, 0.3) is 0 Å². The van der Waals surface area contributed by atoms with Crippen LogP contribution >= 0.6 is 27.5 Å². The summed E-state index contributed by atoms with van der Waals surface area (Å²) < 4.78 is 1.05. The third kappa shape index (κ3) is 2.13. The number of halogens is 2. The van der Waals surface area contributed by atoms with Gasteiger partial charge in [0, 0.05) is 30.9 Å². The molecule has 2 unspecified atom stereocenters. The van der Waals surface area contributed by atoms with E-state index in [9.17, 15) is 0 Å². The van der Waals surface area contributed by atoms with Crippen molar-refractivity contribution in [3.05, 3.63) is 22.9 Å². The van der Waals surface area contributed by atoms with Gasteiger partial charge in [0.2, 0.25) is 0 Å². The molecule has 0 amide bonds. The van der Waals surface area contributed by atoms with Crippen LogP contribution in [-0.4, -0.2) is 23.5 Å². The van der Waals surface area contributed by atoms with Crippen LogP contribution in [-0.2, 0) is 0 Å². The minimum absolute atomic E-state index is 0.449. The standard InChI is InChI=1S/C11H14BrClN2/c1-8-3-5-15(11(8)6-13)10-2-4-14-7-9(10)12/h2,4,7-8,11H,3,5-6H2,1H3. The number of hydrogen-bond donors (Lipinski definition) is 0. The molecule has 2 heterocycles. The second kappa shape index (κ2) is 4.71. The van der Waals surface area contributed by atoms with E-state index in [2.05, 4.69) is 32.7 Å². The van der Waals surface area contributed by atoms with Gasteiger partial charge in [-0.3, -0.25) is 4.98 Å². The first-order valence-corrected chi connectivity index (χ1v) is 6.49. The Morgan fingerprint density at radius 1 is 1.67 bits per heavy atom. The summed E-state index contributed by atoms with van der Waals surface area (Å²) in [6, 6.07) is 2.49. The lowest BCUT2D eigenvalue weighted by Crippen LogP contribution is -2.33. The fraction of sp³-hybridized carbons (Fsp3) is 0.545. The number of rotatable bonds is 2. The summed E-state index contributed by atoms with van der Waals surface area (Å²) in [5.41, 5.74) is 1.21. The van der Waals surface area contributed by atoms with E-state index in [0.29, 0.717) is 17.8 Å². The van der Waals surface area contributed by atoms with Crippen LogP contribution in [0.3, 0.4) is 0 Å². The largest absolute Gasteiger partial charge is 0.366 e. The SMILES string of the molecule is CC1CCN(c2ccncc2Br)C1CCl. The van der Waals surface area contributed by atoms with E-state index in [-0.39, 0.29) is 0 Å². The molecule has 1 saturated heterocycles. The molecule has 2 rings (SSSR count). The summed E-state index contributed by atoms with van der Waals surface area (Å²) in [4.78, 5) is 6.46. The zero-order valence-corrected chi connectivity index (χ0v) is 11.0. The average molecular weight is 290 g/mol. The number of anilines is 1. The van der Waals surface area contributed by atoms with Crippen LogP contribution in [0.4, 0.5) is 5.69 Å². The number of aromatic nitrogens is 1. The molecule has 4 heteroatoms. The van der Waals surface area contributed by atoms with Crippen LogP contribution in [0, 0.1) is 5.92 Å². The molecule has 0 radical (unpaired) electrons. The quantitative estimate of drug-likeness (QED) is 0.777. The lowest BCUT2D eigenvalue weighted by atomic mass is 10.0. The molecule has 1 aliphatic heterocycles. The summed E-state index contributed by atoms with van der Waals surface area (Å²) in [5, 5.41) is 0. The van der Waals surface area contributed by atoms with Crippen molar-refractivity contribution in [2.24, 2.45) is 5.92 Å². The number of hydrogen-bond acceptors (Lipinski definition) is 2. The first kappa shape index (κ1) is 11.2. The highest BCUT2D eigenvalue weighted by molar-refractivity contribution is 9.10. The fourth-order valence-corrected chi connectivity index (χ4v) is 3.09. The number of nitrogens with zero attached hydrogens (tertiary/aromatic N) is 2. The van der Waals surface area contributed by atoms with Gasteiger partial charge in [0.05, 0.1) is 10.2 Å². The van der Waals surface area contributed by atoms with Gasteiger partial charge in [0.1, 0.15) is 0 Å². The summed E-state index contributed by atoms with van der Waals surface area (Å²) in [7, 11) is 0. The summed E-state index contributed by atoms with van der Waals surface area (Å²) in [5.74, 6) is 1.36. The Morgan fingerprint density at radius 3 is 3.13 bits per heavy atom. The van der Waals surface area contributed by atoms with Gasteiger partial charge >= 0.3 is 0 Å². The van der Waals surface area contributed by atoms with E-state index < -0.39 is 0 Å². The number of pyridine rings is 1. The summed E-state index contributed by atoms with van der Waals surface area (Å²) >= 11 is 9.56. The van der Waals surface area contributed by atoms with Gasteiger partial charge in [-0.25, -0.2) is 0 Å². The van der Waals surface area contributed by atoms with E-state index in [4.69, 9.17) is 11.6 Å². The Kier molecular flexibility index (Phi) is 3.52. The predicted molar refractivity (Wildman–Crippen MR) is 67.6 cm³/mol. The van der Waals surface area contributed by atoms with Gasteiger partial charge in [-0.15, -0.1) is 11.6 Å². The molecule has 2 nitrogen and oxygen atoms in total. The zero-order valence-electron chi connectivity index (χ0n) is 8.66. The average Bonchev–Trinajstić information content (AvgIpc) is 2.60. The predicted octanol–water partition coefficient (Wildman–Crippen LogP) is 3.30. The third-order valence-corrected chi connectivity index (χ3v) is 4.03. The van der Waals surface area contributed by atoms with E-state index >= 15 is 0 Å². The van der Waals surface area contributed by atoms with E-state index in [0.717, 1.165) is 11.0 Å². The highest BCUT2D eigenvalue weighted by atomic mass is 79.9. The Labute approximate surface area is 104 Å². The van der Waals surface area contributed by atoms with Crippen molar-refractivity contribution in [1.29, 1.82) is 0 Å². The zero-order chi connectivity index (χ0) is 10.8. The van der Waals surface area contributed by atoms with Crippen LogP contribution in [0.2, 0.25) is 0 Å². The molecule has 0 aliphatic carbocycles. The van der Waals surface area contributed by atoms with Gasteiger partial charge in [-0.05, 0) is 34.3 Å². The summed E-state index contributed by atoms with van der Waals surface area (Å²) in [6.45, 7) is 3.35. The Morgan fingerprint density at radius 2 is 2.47 bits per heavy atom. The minimum Gasteiger partial charge on any atom is -0.366 e. The van der Waals surface area contributed by atoms with Crippen LogP contribution < -0.4 is 4.90 Å². The van der Waals surface area contributed by atoms with Crippen molar-refractivity contribution < 1.29 is 0 Å². The lowest BCUT2D eigenvalue weighted by Gasteiger charge is -2.27. The van der Waals surface area contributed by atoms with Crippen molar-refractivity contribution in [3.63, 3.8) is 0 Å². The second-order valence-corrected chi connectivity index (χ2v) is 5.17. The van der Waals surface area contributed by atoms with Gasteiger partial charge in [0.15, 0.2) is 0 Å². The first-order valence-electron chi connectivity index (χ1n) is 5.16. The molecule has 15 heavy (non-hydrogen) atoms. The van der Waals surface area contributed by atoms with Crippen molar-refractivity contribution in [2.75, 3.05) is 17.3 Å². The minimum atomic E-state index is 0.449. The van der Waals surface area contributed by atoms with Crippen LogP contribution in [0.15, 0.2) is 22.9 Å². The topological polar surface area (TPSA) is 16.1 Å². The normalized spacial score (nSPS) is 25.9. The molecular weight excluding hydrogens is 275 g/mol. The molecule has 1 aromatic rings. The van der Waals surface area contributed by atoms with Crippen LogP contribution in [0.1, 0.15) is 13.3 Å². The van der Waals surface area contributed by atoms with Gasteiger partial charge in [-0.2, -0.15) is 0 Å². The van der Waals surface area contributed by atoms with E-state index in [1.165, 1.54) is 12.1 Å². The van der Waals surface area contributed by atoms with Crippen molar-refractivity contribution in [2.45, 2.75) is 19.4 Å². The van der Waals surface area contributed by atoms with E-state index in [1.54, 1.807) is 0 Å². The second-order valence-electron chi connectivity index (χ2n) is 4.01. The third-order valence-electron chi connectivity index (χ3n) is 3.10. The highest BCUT2D eigenvalue weighted by Crippen LogP contribution is 2.34. The monoisotopic (exact) mass is 288 g/mol. The molecule has 2 atom stereocenters. The van der Waals surface area contributed by atoms with Crippen LogP contribution in [0.5, 0.6) is 0 Å². The maximum Gasteiger partial charge on any atom is 0.0592 e. The smallest absolute Gasteiger partial charge is 0.0592 e. The molecule has 0 bridgehead atoms. The van der Waals surface area contributed by atoms with Crippen molar-refractivity contribution >= 4 is 33.2 Å². The lowest BCUT2D eigenvalue weighted by molar-refractivity contribution is 0.550. The molecule has 1 fully saturated rings. The summed E-state index contributed by atoms with van der Waals surface area (Å²) in [6.07, 6.45) is 4.88. The number of alkyl halides is 1. The van der Waals surface area contributed by atoms with E-state index in [1.807, 2.05) is 18.5 Å². The first-order chi connectivity index (χ1) is 7.24. The van der Waals surface area contributed by atoms with Crippen molar-refractivity contribution in [1.82, 2.24) is 4.98 Å². The molecular formula is C11H14BrClN2. The highest BCUT2D eigenvalue weighted by Gasteiger charge is 2.31. The van der Waals surface area contributed by atoms with Crippen molar-refractivity contribution in [3.8, 4) is 0 Å². The molecule has 0 aromatic carbocycles. The maximum absolute atomic E-state index is 6.03. The Hall–Kier alpha value is -0.280. The van der Waals surface area contributed by atoms with Gasteiger partial charge < -0.3 is 4.90 Å². The molecule has 82 valence electrons. The van der Waals surface area contributed by atoms with Crippen LogP contribution in [0.25, 0.3) is 0 Å². The molecule has 0 saturated carbocycles. The molecule has 1 aliphatic rings. The molecule has 0 N–H and O–H groups in total. The van der Waals surface area contributed by atoms with Gasteiger partial charge in [-0.1, -0.05) is 6.92 Å². The Balaban J connectivity index is 2.28. The fourth-order valence-electron chi connectivity index (χ4n) is 2.14. The molecule has 1 aromatic heterocycles. The Bertz CT molecular complexity index is 345. The molecule has 0 spiro atoms.